The van der Waals surface area contributed by atoms with Crippen LogP contribution in [0.15, 0.2) is 35.2 Å². The number of hydrogen-bond donors (Lipinski definition) is 2. The van der Waals surface area contributed by atoms with E-state index in [4.69, 9.17) is 11.6 Å². The number of sulfonamides is 1. The number of benzene rings is 1. The van der Waals surface area contributed by atoms with Crippen LogP contribution in [0.1, 0.15) is 29.2 Å². The van der Waals surface area contributed by atoms with Gasteiger partial charge < -0.3 is 5.32 Å². The molecular formula is C19H19ClF2N6O3S. The van der Waals surface area contributed by atoms with Crippen molar-refractivity contribution in [1.82, 2.24) is 19.7 Å². The minimum absolute atomic E-state index is 0.0451. The Morgan fingerprint density at radius 2 is 1.72 bits per heavy atom. The van der Waals surface area contributed by atoms with E-state index in [2.05, 4.69) is 25.1 Å². The highest BCUT2D eigenvalue weighted by Gasteiger charge is 2.22. The highest BCUT2D eigenvalue weighted by Crippen LogP contribution is 2.28. The van der Waals surface area contributed by atoms with E-state index >= 15 is 0 Å². The number of halogens is 3. The van der Waals surface area contributed by atoms with Gasteiger partial charge in [-0.3, -0.25) is 9.48 Å². The number of alkyl halides is 2. The molecule has 0 fully saturated rings. The van der Waals surface area contributed by atoms with Crippen molar-refractivity contribution in [2.24, 2.45) is 0 Å². The number of carbonyl (C=O) groups excluding carboxylic acids is 1. The van der Waals surface area contributed by atoms with Gasteiger partial charge in [0.15, 0.2) is 0 Å². The Balaban J connectivity index is 1.69. The van der Waals surface area contributed by atoms with E-state index in [1.54, 1.807) is 19.9 Å². The molecule has 0 saturated heterocycles. The highest BCUT2D eigenvalue weighted by atomic mass is 35.5. The molecule has 0 saturated carbocycles. The smallest absolute Gasteiger partial charge is 0.283 e. The monoisotopic (exact) mass is 484 g/mol. The van der Waals surface area contributed by atoms with Gasteiger partial charge in [0.1, 0.15) is 12.2 Å². The molecule has 0 aliphatic heterocycles. The molecule has 0 atom stereocenters. The second-order valence-electron chi connectivity index (χ2n) is 6.90. The predicted molar refractivity (Wildman–Crippen MR) is 114 cm³/mol. The summed E-state index contributed by atoms with van der Waals surface area (Å²) in [5, 5.41) is 6.02. The Kier molecular flexibility index (Phi) is 6.74. The van der Waals surface area contributed by atoms with Crippen molar-refractivity contribution in [1.29, 1.82) is 0 Å². The van der Waals surface area contributed by atoms with Gasteiger partial charge in [-0.15, -0.1) is 0 Å². The fraction of sp³-hybridized carbons (Fsp3) is 0.263. The molecule has 0 unspecified atom stereocenters. The molecule has 13 heteroatoms. The lowest BCUT2D eigenvalue weighted by atomic mass is 10.3. The molecule has 2 heterocycles. The third kappa shape index (κ3) is 5.37. The van der Waals surface area contributed by atoms with Crippen molar-refractivity contribution in [2.45, 2.75) is 38.6 Å². The van der Waals surface area contributed by atoms with Crippen LogP contribution in [0, 0.1) is 20.8 Å². The number of hydrogen-bond acceptors (Lipinski definition) is 6. The lowest BCUT2D eigenvalue weighted by Crippen LogP contribution is -2.20. The summed E-state index contributed by atoms with van der Waals surface area (Å²) in [5.74, 6) is -0.596. The summed E-state index contributed by atoms with van der Waals surface area (Å²) in [6, 6.07) is 7.09. The van der Waals surface area contributed by atoms with Crippen LogP contribution in [0.2, 0.25) is 5.02 Å². The maximum atomic E-state index is 12.9. The minimum atomic E-state index is -3.94. The molecule has 2 N–H and O–H groups in total. The third-order valence-corrected chi connectivity index (χ3v) is 6.13. The summed E-state index contributed by atoms with van der Waals surface area (Å²) in [6.45, 7) is 4.57. The summed E-state index contributed by atoms with van der Waals surface area (Å²) in [5.41, 5.74) is 1.18. The quantitative estimate of drug-likeness (QED) is 0.528. The first-order valence-corrected chi connectivity index (χ1v) is 11.1. The molecule has 32 heavy (non-hydrogen) atoms. The zero-order valence-electron chi connectivity index (χ0n) is 17.2. The molecule has 0 bridgehead atoms. The van der Waals surface area contributed by atoms with Crippen LogP contribution in [0.3, 0.4) is 0 Å². The average molecular weight is 485 g/mol. The second-order valence-corrected chi connectivity index (χ2v) is 8.96. The van der Waals surface area contributed by atoms with E-state index < -0.39 is 28.0 Å². The number of aromatic nitrogens is 4. The van der Waals surface area contributed by atoms with Crippen LogP contribution in [0.4, 0.5) is 20.4 Å². The fourth-order valence-corrected chi connectivity index (χ4v) is 4.01. The number of carbonyl (C=O) groups is 1. The van der Waals surface area contributed by atoms with Crippen LogP contribution in [-0.4, -0.2) is 34.1 Å². The molecular weight excluding hydrogens is 466 g/mol. The van der Waals surface area contributed by atoms with Crippen LogP contribution in [0.25, 0.3) is 0 Å². The van der Waals surface area contributed by atoms with Gasteiger partial charge in [0, 0.05) is 17.1 Å². The summed E-state index contributed by atoms with van der Waals surface area (Å²) in [4.78, 5) is 20.3. The Morgan fingerprint density at radius 3 is 2.25 bits per heavy atom. The van der Waals surface area contributed by atoms with E-state index in [0.717, 1.165) is 4.68 Å². The second kappa shape index (κ2) is 9.17. The number of rotatable bonds is 7. The first-order chi connectivity index (χ1) is 15.0. The van der Waals surface area contributed by atoms with E-state index in [-0.39, 0.29) is 28.1 Å². The van der Waals surface area contributed by atoms with Gasteiger partial charge in [-0.2, -0.15) is 5.10 Å². The van der Waals surface area contributed by atoms with E-state index in [0.29, 0.717) is 17.1 Å². The molecule has 1 amide bonds. The van der Waals surface area contributed by atoms with Crippen molar-refractivity contribution in [2.75, 3.05) is 10.0 Å². The number of anilines is 2. The molecule has 0 aliphatic carbocycles. The number of nitrogens with one attached hydrogen (secondary N) is 2. The Hall–Kier alpha value is -3.12. The first kappa shape index (κ1) is 23.5. The van der Waals surface area contributed by atoms with Gasteiger partial charge in [0.05, 0.1) is 15.6 Å². The lowest BCUT2D eigenvalue weighted by Gasteiger charge is -2.10. The molecule has 9 nitrogen and oxygen atoms in total. The summed E-state index contributed by atoms with van der Waals surface area (Å²) in [6.07, 6.45) is -2.86. The molecule has 170 valence electrons. The van der Waals surface area contributed by atoms with Crippen molar-refractivity contribution in [3.05, 3.63) is 58.1 Å². The van der Waals surface area contributed by atoms with Crippen LogP contribution in [0.5, 0.6) is 0 Å². The van der Waals surface area contributed by atoms with Crippen LogP contribution >= 0.6 is 11.6 Å². The van der Waals surface area contributed by atoms with Gasteiger partial charge in [-0.05, 0) is 51.1 Å². The fourth-order valence-electron chi connectivity index (χ4n) is 2.85. The topological polar surface area (TPSA) is 119 Å². The van der Waals surface area contributed by atoms with Gasteiger partial charge >= 0.3 is 0 Å². The Bertz CT molecular complexity index is 1240. The molecule has 0 radical (unpaired) electrons. The summed E-state index contributed by atoms with van der Waals surface area (Å²) < 4.78 is 54.3. The van der Waals surface area contributed by atoms with Gasteiger partial charge in [0.25, 0.3) is 16.4 Å². The number of nitrogens with zero attached hydrogens (tertiary/aromatic N) is 4. The summed E-state index contributed by atoms with van der Waals surface area (Å²) in [7, 11) is -3.94. The van der Waals surface area contributed by atoms with Crippen molar-refractivity contribution >= 4 is 39.2 Å². The van der Waals surface area contributed by atoms with Crippen molar-refractivity contribution in [3.8, 4) is 0 Å². The predicted octanol–water partition coefficient (Wildman–Crippen LogP) is 3.63. The SMILES string of the molecule is Cc1cc(C)nc(NS(=O)(=O)c2ccc(NC(=O)Cn3nc(C(F)F)c(Cl)c3C)cc2)n1. The molecule has 1 aromatic carbocycles. The molecule has 0 aliphatic rings. The minimum Gasteiger partial charge on any atom is -0.324 e. The maximum Gasteiger partial charge on any atom is 0.283 e. The van der Waals surface area contributed by atoms with Crippen LogP contribution in [-0.2, 0) is 21.4 Å². The average Bonchev–Trinajstić information content (AvgIpc) is 2.96. The first-order valence-electron chi connectivity index (χ1n) is 9.22. The Labute approximate surface area is 187 Å². The molecule has 3 aromatic rings. The number of amides is 1. The molecule has 3 rings (SSSR count). The lowest BCUT2D eigenvalue weighted by molar-refractivity contribution is -0.117. The van der Waals surface area contributed by atoms with Gasteiger partial charge in [-0.25, -0.2) is 31.9 Å². The molecule has 2 aromatic heterocycles. The van der Waals surface area contributed by atoms with Gasteiger partial charge in [-0.1, -0.05) is 11.6 Å². The Morgan fingerprint density at radius 1 is 1.12 bits per heavy atom. The van der Waals surface area contributed by atoms with E-state index in [1.165, 1.54) is 31.2 Å². The highest BCUT2D eigenvalue weighted by molar-refractivity contribution is 7.92. The molecule has 0 spiro atoms. The number of aryl methyl sites for hydroxylation is 2. The normalized spacial score (nSPS) is 11.6. The van der Waals surface area contributed by atoms with Crippen molar-refractivity contribution < 1.29 is 22.0 Å². The van der Waals surface area contributed by atoms with E-state index in [9.17, 15) is 22.0 Å². The zero-order valence-corrected chi connectivity index (χ0v) is 18.8. The van der Waals surface area contributed by atoms with Crippen LogP contribution < -0.4 is 10.0 Å². The van der Waals surface area contributed by atoms with Gasteiger partial charge in [0.2, 0.25) is 11.9 Å². The van der Waals surface area contributed by atoms with Crippen molar-refractivity contribution in [3.63, 3.8) is 0 Å². The maximum absolute atomic E-state index is 12.9. The third-order valence-electron chi connectivity index (χ3n) is 4.31. The largest absolute Gasteiger partial charge is 0.324 e. The standard InChI is InChI=1S/C19H19ClF2N6O3S/c1-10-8-11(2)24-19(23-10)27-32(30,31)14-6-4-13(5-7-14)25-15(29)9-28-12(3)16(20)17(26-28)18(21)22/h4-8,18H,9H2,1-3H3,(H,25,29)(H,23,24,27). The zero-order chi connectivity index (χ0) is 23.6. The summed E-state index contributed by atoms with van der Waals surface area (Å²) >= 11 is 5.82. The van der Waals surface area contributed by atoms with E-state index in [1.807, 2.05) is 0 Å².